The number of halogens is 1. The third kappa shape index (κ3) is 2.16. The van der Waals surface area contributed by atoms with Gasteiger partial charge in [-0.05, 0) is 56.0 Å². The van der Waals surface area contributed by atoms with Crippen molar-refractivity contribution in [1.82, 2.24) is 4.98 Å². The molecule has 0 saturated heterocycles. The number of fused-ring (bicyclic) bond motifs is 1. The Balaban J connectivity index is 2.91. The molecule has 1 unspecified atom stereocenters. The Morgan fingerprint density at radius 2 is 2.00 bits per heavy atom. The van der Waals surface area contributed by atoms with Gasteiger partial charge in [0.1, 0.15) is 0 Å². The Hall–Kier alpha value is -1.61. The Labute approximate surface area is 123 Å². The van der Waals surface area contributed by atoms with Crippen molar-refractivity contribution < 1.29 is 9.90 Å². The smallest absolute Gasteiger partial charge is 0.313 e. The minimum absolute atomic E-state index is 0.508. The van der Waals surface area contributed by atoms with Gasteiger partial charge in [0.15, 0.2) is 0 Å². The van der Waals surface area contributed by atoms with E-state index in [9.17, 15) is 9.90 Å². The second-order valence-corrected chi connectivity index (χ2v) is 5.83. The van der Waals surface area contributed by atoms with E-state index in [2.05, 4.69) is 4.98 Å². The van der Waals surface area contributed by atoms with E-state index in [1.807, 2.05) is 32.9 Å². The summed E-state index contributed by atoms with van der Waals surface area (Å²) >= 11 is 6.21. The van der Waals surface area contributed by atoms with E-state index < -0.39 is 11.4 Å². The molecule has 0 radical (unpaired) electrons. The lowest BCUT2D eigenvalue weighted by molar-refractivity contribution is -0.143. The molecule has 0 aliphatic heterocycles. The molecule has 106 valence electrons. The average molecular weight is 292 g/mol. The lowest BCUT2D eigenvalue weighted by Crippen LogP contribution is -2.32. The molecule has 0 amide bonds. The molecule has 0 bridgehead atoms. The summed E-state index contributed by atoms with van der Waals surface area (Å²) in [5.41, 5.74) is 2.47. The maximum absolute atomic E-state index is 11.7. The number of aliphatic carboxylic acids is 1. The summed E-state index contributed by atoms with van der Waals surface area (Å²) in [6.45, 7) is 7.45. The summed E-state index contributed by atoms with van der Waals surface area (Å²) in [6, 6.07) is 3.73. The zero-order valence-corrected chi connectivity index (χ0v) is 12.9. The molecule has 1 heterocycles. The number of carboxylic acids is 1. The van der Waals surface area contributed by atoms with Gasteiger partial charge in [-0.1, -0.05) is 18.5 Å². The van der Waals surface area contributed by atoms with E-state index in [0.29, 0.717) is 11.4 Å². The zero-order valence-electron chi connectivity index (χ0n) is 12.1. The van der Waals surface area contributed by atoms with E-state index in [4.69, 9.17) is 11.6 Å². The molecule has 1 aromatic heterocycles. The van der Waals surface area contributed by atoms with E-state index in [0.717, 1.165) is 27.6 Å². The minimum Gasteiger partial charge on any atom is -0.481 e. The predicted octanol–water partition coefficient (Wildman–Crippen LogP) is 4.26. The highest BCUT2D eigenvalue weighted by Crippen LogP contribution is 2.37. The fraction of sp³-hybridized carbons (Fsp3) is 0.375. The van der Waals surface area contributed by atoms with Gasteiger partial charge in [0.2, 0.25) is 0 Å². The van der Waals surface area contributed by atoms with Crippen LogP contribution in [0.2, 0.25) is 5.02 Å². The lowest BCUT2D eigenvalue weighted by Gasteiger charge is -2.27. The number of benzene rings is 1. The molecule has 1 aromatic carbocycles. The van der Waals surface area contributed by atoms with Crippen LogP contribution in [0.15, 0.2) is 18.3 Å². The van der Waals surface area contributed by atoms with Crippen molar-refractivity contribution in [2.24, 2.45) is 0 Å². The maximum Gasteiger partial charge on any atom is 0.313 e. The van der Waals surface area contributed by atoms with Gasteiger partial charge in [-0.25, -0.2) is 0 Å². The van der Waals surface area contributed by atoms with Gasteiger partial charge in [-0.3, -0.25) is 9.78 Å². The summed E-state index contributed by atoms with van der Waals surface area (Å²) in [5.74, 6) is -0.827. The number of nitrogens with zero attached hydrogens (tertiary/aromatic N) is 1. The first-order valence-corrected chi connectivity index (χ1v) is 6.98. The summed E-state index contributed by atoms with van der Waals surface area (Å²) in [4.78, 5) is 16.1. The second kappa shape index (κ2) is 5.06. The topological polar surface area (TPSA) is 50.2 Å². The van der Waals surface area contributed by atoms with Crippen LogP contribution in [0.1, 0.15) is 37.0 Å². The van der Waals surface area contributed by atoms with Crippen LogP contribution in [0.4, 0.5) is 0 Å². The van der Waals surface area contributed by atoms with Crippen molar-refractivity contribution in [3.05, 3.63) is 40.0 Å². The Morgan fingerprint density at radius 3 is 2.55 bits per heavy atom. The number of carboxylic acid groups (broad SMARTS) is 1. The molecule has 3 nitrogen and oxygen atoms in total. The van der Waals surface area contributed by atoms with Gasteiger partial charge >= 0.3 is 5.97 Å². The molecule has 20 heavy (non-hydrogen) atoms. The monoisotopic (exact) mass is 291 g/mol. The number of carbonyl (C=O) groups is 1. The Kier molecular flexibility index (Phi) is 3.74. The highest BCUT2D eigenvalue weighted by molar-refractivity contribution is 6.32. The van der Waals surface area contributed by atoms with E-state index in [-0.39, 0.29) is 0 Å². The van der Waals surface area contributed by atoms with E-state index in [1.165, 1.54) is 0 Å². The molecule has 1 atom stereocenters. The molecule has 2 aromatic rings. The van der Waals surface area contributed by atoms with Crippen LogP contribution in [-0.4, -0.2) is 16.1 Å². The van der Waals surface area contributed by atoms with Crippen LogP contribution < -0.4 is 0 Å². The molecular formula is C16H18ClNO2. The predicted molar refractivity (Wildman–Crippen MR) is 81.5 cm³/mol. The standard InChI is InChI=1S/C16H18ClNO2/c1-5-16(4,15(19)20)14-10(3)8-18-13-6-9(2)12(17)7-11(13)14/h6-8H,5H2,1-4H3,(H,19,20). The second-order valence-electron chi connectivity index (χ2n) is 5.43. The summed E-state index contributed by atoms with van der Waals surface area (Å²) < 4.78 is 0. The third-order valence-corrected chi connectivity index (χ3v) is 4.48. The fourth-order valence-corrected chi connectivity index (χ4v) is 2.75. The maximum atomic E-state index is 11.7. The van der Waals surface area contributed by atoms with Crippen molar-refractivity contribution in [2.75, 3.05) is 0 Å². The van der Waals surface area contributed by atoms with Gasteiger partial charge in [-0.15, -0.1) is 0 Å². The molecule has 0 fully saturated rings. The molecular weight excluding hydrogens is 274 g/mol. The lowest BCUT2D eigenvalue weighted by atomic mass is 9.76. The molecule has 0 aliphatic rings. The number of hydrogen-bond acceptors (Lipinski definition) is 2. The van der Waals surface area contributed by atoms with Crippen LogP contribution in [0.5, 0.6) is 0 Å². The summed E-state index contributed by atoms with van der Waals surface area (Å²) in [6.07, 6.45) is 2.25. The highest BCUT2D eigenvalue weighted by atomic mass is 35.5. The Bertz CT molecular complexity index is 696. The molecule has 4 heteroatoms. The zero-order chi connectivity index (χ0) is 15.1. The number of hydrogen-bond donors (Lipinski definition) is 1. The SMILES string of the molecule is CCC(C)(C(=O)O)c1c(C)cnc2cc(C)c(Cl)cc12. The van der Waals surface area contributed by atoms with Crippen LogP contribution in [0.3, 0.4) is 0 Å². The van der Waals surface area contributed by atoms with Crippen LogP contribution in [0.25, 0.3) is 10.9 Å². The van der Waals surface area contributed by atoms with Crippen molar-refractivity contribution in [3.8, 4) is 0 Å². The van der Waals surface area contributed by atoms with E-state index >= 15 is 0 Å². The molecule has 0 spiro atoms. The van der Waals surface area contributed by atoms with Crippen LogP contribution in [-0.2, 0) is 10.2 Å². The minimum atomic E-state index is -0.941. The van der Waals surface area contributed by atoms with E-state index in [1.54, 1.807) is 13.1 Å². The first kappa shape index (κ1) is 14.8. The summed E-state index contributed by atoms with van der Waals surface area (Å²) in [5, 5.41) is 11.1. The third-order valence-electron chi connectivity index (χ3n) is 4.07. The largest absolute Gasteiger partial charge is 0.481 e. The highest BCUT2D eigenvalue weighted by Gasteiger charge is 2.36. The van der Waals surface area contributed by atoms with Crippen molar-refractivity contribution in [1.29, 1.82) is 0 Å². The normalized spacial score (nSPS) is 14.2. The van der Waals surface area contributed by atoms with Gasteiger partial charge in [0, 0.05) is 16.6 Å². The van der Waals surface area contributed by atoms with Crippen molar-refractivity contribution >= 4 is 28.5 Å². The number of aryl methyl sites for hydroxylation is 2. The molecule has 0 saturated carbocycles. The summed E-state index contributed by atoms with van der Waals surface area (Å²) in [7, 11) is 0. The molecule has 1 N–H and O–H groups in total. The number of aromatic nitrogens is 1. The van der Waals surface area contributed by atoms with Gasteiger partial charge < -0.3 is 5.11 Å². The fourth-order valence-electron chi connectivity index (χ4n) is 2.58. The van der Waals surface area contributed by atoms with Crippen LogP contribution >= 0.6 is 11.6 Å². The van der Waals surface area contributed by atoms with Crippen molar-refractivity contribution in [2.45, 2.75) is 39.5 Å². The molecule has 0 aliphatic carbocycles. The van der Waals surface area contributed by atoms with Gasteiger partial charge in [-0.2, -0.15) is 0 Å². The van der Waals surface area contributed by atoms with Crippen molar-refractivity contribution in [3.63, 3.8) is 0 Å². The average Bonchev–Trinajstić information content (AvgIpc) is 2.39. The first-order chi connectivity index (χ1) is 9.31. The Morgan fingerprint density at radius 1 is 1.35 bits per heavy atom. The number of pyridine rings is 1. The molecule has 2 rings (SSSR count). The number of rotatable bonds is 3. The van der Waals surface area contributed by atoms with Crippen LogP contribution in [0, 0.1) is 13.8 Å². The quantitative estimate of drug-likeness (QED) is 0.919. The van der Waals surface area contributed by atoms with Gasteiger partial charge in [0.05, 0.1) is 10.9 Å². The van der Waals surface area contributed by atoms with Gasteiger partial charge in [0.25, 0.3) is 0 Å². The first-order valence-electron chi connectivity index (χ1n) is 6.60.